The number of benzene rings is 1. The van der Waals surface area contributed by atoms with Crippen LogP contribution in [0.1, 0.15) is 30.4 Å². The number of hydrogen-bond acceptors (Lipinski definition) is 5. The summed E-state index contributed by atoms with van der Waals surface area (Å²) in [5, 5.41) is 10.2. The van der Waals surface area contributed by atoms with Crippen molar-refractivity contribution in [3.8, 4) is 0 Å². The Balaban J connectivity index is 1.35. The minimum Gasteiger partial charge on any atom is -0.396 e. The van der Waals surface area contributed by atoms with Crippen molar-refractivity contribution in [1.29, 1.82) is 0 Å². The van der Waals surface area contributed by atoms with E-state index in [0.29, 0.717) is 23.8 Å². The molecule has 2 aliphatic heterocycles. The van der Waals surface area contributed by atoms with E-state index >= 15 is 0 Å². The van der Waals surface area contributed by atoms with E-state index in [0.717, 1.165) is 57.7 Å². The van der Waals surface area contributed by atoms with Crippen LogP contribution in [0.4, 0.5) is 5.82 Å². The number of aliphatic hydroxyl groups is 1. The molecule has 0 unspecified atom stereocenters. The second-order valence-corrected chi connectivity index (χ2v) is 8.54. The molecule has 0 aliphatic carbocycles. The lowest BCUT2D eigenvalue weighted by atomic mass is 9.64. The summed E-state index contributed by atoms with van der Waals surface area (Å²) in [7, 11) is 0. The molecule has 5 heteroatoms. The van der Waals surface area contributed by atoms with Gasteiger partial charge in [0.15, 0.2) is 0 Å². The van der Waals surface area contributed by atoms with Gasteiger partial charge in [0.2, 0.25) is 0 Å². The first-order valence-corrected chi connectivity index (χ1v) is 10.5. The van der Waals surface area contributed by atoms with E-state index in [9.17, 15) is 5.11 Å². The van der Waals surface area contributed by atoms with Gasteiger partial charge in [0, 0.05) is 43.9 Å². The predicted octanol–water partition coefficient (Wildman–Crippen LogP) is 2.76. The van der Waals surface area contributed by atoms with Gasteiger partial charge in [0.25, 0.3) is 0 Å². The summed E-state index contributed by atoms with van der Waals surface area (Å²) in [6.45, 7) is 6.43. The number of anilines is 1. The molecule has 0 amide bonds. The zero-order chi connectivity index (χ0) is 19.4. The maximum absolute atomic E-state index is 10.2. The molecule has 2 aliphatic rings. The van der Waals surface area contributed by atoms with Crippen molar-refractivity contribution in [2.24, 2.45) is 11.3 Å². The number of rotatable bonds is 5. The van der Waals surface area contributed by atoms with E-state index < -0.39 is 0 Å². The quantitative estimate of drug-likeness (QED) is 0.835. The lowest BCUT2D eigenvalue weighted by Crippen LogP contribution is -2.53. The fraction of sp³-hybridized carbons (Fsp3) is 0.522. The Hall–Kier alpha value is -1.95. The molecule has 0 radical (unpaired) electrons. The van der Waals surface area contributed by atoms with Crippen molar-refractivity contribution < 1.29 is 5.11 Å². The second kappa shape index (κ2) is 8.60. The van der Waals surface area contributed by atoms with Gasteiger partial charge in [-0.3, -0.25) is 9.80 Å². The monoisotopic (exact) mass is 380 g/mol. The highest BCUT2D eigenvalue weighted by Gasteiger charge is 2.44. The predicted molar refractivity (Wildman–Crippen MR) is 113 cm³/mol. The number of pyridine rings is 1. The summed E-state index contributed by atoms with van der Waals surface area (Å²) in [4.78, 5) is 9.22. The molecule has 1 aromatic heterocycles. The third-order valence-corrected chi connectivity index (χ3v) is 6.91. The van der Waals surface area contributed by atoms with E-state index in [4.69, 9.17) is 5.73 Å². The van der Waals surface area contributed by atoms with Crippen molar-refractivity contribution in [3.05, 3.63) is 59.8 Å². The van der Waals surface area contributed by atoms with Gasteiger partial charge >= 0.3 is 0 Å². The number of likely N-dealkylation sites (tertiary alicyclic amines) is 2. The average molecular weight is 381 g/mol. The molecule has 5 nitrogen and oxygen atoms in total. The number of nitrogen functional groups attached to an aromatic ring is 1. The van der Waals surface area contributed by atoms with Crippen molar-refractivity contribution in [1.82, 2.24) is 14.8 Å². The fourth-order valence-electron chi connectivity index (χ4n) is 5.06. The highest BCUT2D eigenvalue weighted by atomic mass is 16.3. The molecular formula is C23H32N4O. The van der Waals surface area contributed by atoms with E-state index in [1.54, 1.807) is 6.20 Å². The van der Waals surface area contributed by atoms with Crippen LogP contribution >= 0.6 is 0 Å². The van der Waals surface area contributed by atoms with Crippen LogP contribution in [-0.2, 0) is 13.1 Å². The van der Waals surface area contributed by atoms with Crippen molar-refractivity contribution in [2.45, 2.75) is 32.4 Å². The molecule has 150 valence electrons. The Bertz CT molecular complexity index is 758. The van der Waals surface area contributed by atoms with Crippen molar-refractivity contribution in [2.75, 3.05) is 38.5 Å². The largest absolute Gasteiger partial charge is 0.396 e. The summed E-state index contributed by atoms with van der Waals surface area (Å²) in [5.41, 5.74) is 8.79. The Kier molecular flexibility index (Phi) is 5.95. The van der Waals surface area contributed by atoms with Gasteiger partial charge in [-0.05, 0) is 55.9 Å². The molecule has 2 fully saturated rings. The van der Waals surface area contributed by atoms with Gasteiger partial charge in [0.1, 0.15) is 5.82 Å². The zero-order valence-corrected chi connectivity index (χ0v) is 16.6. The summed E-state index contributed by atoms with van der Waals surface area (Å²) >= 11 is 0. The average Bonchev–Trinajstić information content (AvgIpc) is 2.73. The van der Waals surface area contributed by atoms with Crippen LogP contribution in [0.25, 0.3) is 0 Å². The van der Waals surface area contributed by atoms with Crippen LogP contribution in [0, 0.1) is 11.3 Å². The third kappa shape index (κ3) is 4.22. The molecular weight excluding hydrogens is 348 g/mol. The third-order valence-electron chi connectivity index (χ3n) is 6.91. The van der Waals surface area contributed by atoms with Crippen molar-refractivity contribution >= 4 is 5.82 Å². The highest BCUT2D eigenvalue weighted by Crippen LogP contribution is 2.45. The van der Waals surface area contributed by atoms with Crippen LogP contribution in [-0.4, -0.2) is 52.7 Å². The molecule has 1 spiro atoms. The summed E-state index contributed by atoms with van der Waals surface area (Å²) in [6.07, 6.45) is 5.27. The molecule has 1 aromatic carbocycles. The van der Waals surface area contributed by atoms with E-state index in [1.807, 2.05) is 6.07 Å². The highest BCUT2D eigenvalue weighted by molar-refractivity contribution is 5.38. The van der Waals surface area contributed by atoms with Gasteiger partial charge < -0.3 is 10.8 Å². The van der Waals surface area contributed by atoms with Crippen LogP contribution in [0.2, 0.25) is 0 Å². The topological polar surface area (TPSA) is 65.6 Å². The molecule has 3 heterocycles. The van der Waals surface area contributed by atoms with Crippen LogP contribution in [0.5, 0.6) is 0 Å². The van der Waals surface area contributed by atoms with E-state index in [1.165, 1.54) is 12.0 Å². The lowest BCUT2D eigenvalue weighted by Gasteiger charge is -2.51. The maximum Gasteiger partial charge on any atom is 0.127 e. The summed E-state index contributed by atoms with van der Waals surface area (Å²) in [6, 6.07) is 14.7. The minimum atomic E-state index is 0.291. The van der Waals surface area contributed by atoms with E-state index in [-0.39, 0.29) is 0 Å². The lowest BCUT2D eigenvalue weighted by molar-refractivity contribution is -0.0449. The summed E-state index contributed by atoms with van der Waals surface area (Å²) < 4.78 is 0. The Labute approximate surface area is 168 Å². The van der Waals surface area contributed by atoms with Gasteiger partial charge in [0.05, 0.1) is 0 Å². The molecule has 2 aromatic rings. The van der Waals surface area contributed by atoms with Gasteiger partial charge in [-0.15, -0.1) is 0 Å². The van der Waals surface area contributed by atoms with E-state index in [2.05, 4.69) is 51.2 Å². The molecule has 1 atom stereocenters. The normalized spacial score (nSPS) is 23.1. The summed E-state index contributed by atoms with van der Waals surface area (Å²) in [5.74, 6) is 1.01. The van der Waals surface area contributed by atoms with Crippen molar-refractivity contribution in [3.63, 3.8) is 0 Å². The molecule has 0 bridgehead atoms. The zero-order valence-electron chi connectivity index (χ0n) is 16.6. The molecule has 28 heavy (non-hydrogen) atoms. The van der Waals surface area contributed by atoms with Gasteiger partial charge in [-0.25, -0.2) is 4.98 Å². The number of nitrogens with zero attached hydrogens (tertiary/aromatic N) is 3. The number of aliphatic hydroxyl groups excluding tert-OH is 1. The van der Waals surface area contributed by atoms with Gasteiger partial charge in [-0.2, -0.15) is 0 Å². The van der Waals surface area contributed by atoms with Gasteiger partial charge in [-0.1, -0.05) is 36.4 Å². The first-order chi connectivity index (χ1) is 13.7. The number of nitrogens with two attached hydrogens (primary N) is 1. The SMILES string of the molecule is Nc1ncccc1CN1CCC2(CC1)CCN(Cc1ccccc1)C[C@@H]2CO. The van der Waals surface area contributed by atoms with Crippen LogP contribution in [0.15, 0.2) is 48.7 Å². The molecule has 0 saturated carbocycles. The first kappa shape index (κ1) is 19.4. The Morgan fingerprint density at radius 1 is 0.964 bits per heavy atom. The molecule has 2 saturated heterocycles. The van der Waals surface area contributed by atoms with Crippen LogP contribution in [0.3, 0.4) is 0 Å². The maximum atomic E-state index is 10.2. The van der Waals surface area contributed by atoms with Crippen LogP contribution < -0.4 is 5.73 Å². The Morgan fingerprint density at radius 3 is 2.36 bits per heavy atom. The number of hydrogen-bond donors (Lipinski definition) is 2. The minimum absolute atomic E-state index is 0.291. The first-order valence-electron chi connectivity index (χ1n) is 10.5. The Morgan fingerprint density at radius 2 is 1.68 bits per heavy atom. The number of piperidine rings is 2. The number of aromatic nitrogens is 1. The second-order valence-electron chi connectivity index (χ2n) is 8.54. The smallest absolute Gasteiger partial charge is 0.127 e. The molecule has 4 rings (SSSR count). The fourth-order valence-corrected chi connectivity index (χ4v) is 5.06. The standard InChI is InChI=1S/C23H32N4O/c24-22-20(7-4-11-25-22)16-26-12-8-23(9-13-26)10-14-27(17-21(23)18-28)15-19-5-2-1-3-6-19/h1-7,11,21,28H,8-10,12-18H2,(H2,24,25)/t21-/m1/s1. The molecule has 3 N–H and O–H groups in total.